The average molecular weight is 380 g/mol. The van der Waals surface area contributed by atoms with Gasteiger partial charge in [0.15, 0.2) is 0 Å². The summed E-state index contributed by atoms with van der Waals surface area (Å²) in [7, 11) is 0. The van der Waals surface area contributed by atoms with Gasteiger partial charge < -0.3 is 14.6 Å². The summed E-state index contributed by atoms with van der Waals surface area (Å²) >= 11 is 5.99. The van der Waals surface area contributed by atoms with E-state index in [1.165, 1.54) is 12.4 Å². The molecule has 0 radical (unpaired) electrons. The van der Waals surface area contributed by atoms with Crippen molar-refractivity contribution in [3.8, 4) is 0 Å². The van der Waals surface area contributed by atoms with E-state index in [9.17, 15) is 14.7 Å². The lowest BCUT2D eigenvalue weighted by Crippen LogP contribution is -2.27. The number of nitrogens with zero attached hydrogens (tertiary/aromatic N) is 3. The molecule has 8 nitrogen and oxygen atoms in total. The van der Waals surface area contributed by atoms with Gasteiger partial charge in [0, 0.05) is 19.0 Å². The first kappa shape index (κ1) is 18.2. The zero-order valence-electron chi connectivity index (χ0n) is 14.1. The Bertz CT molecular complexity index is 779. The molecule has 2 fully saturated rings. The number of hydrogen-bond donors (Lipinski definition) is 1. The second-order valence-corrected chi connectivity index (χ2v) is 6.23. The number of carbonyl (C=O) groups is 2. The van der Waals surface area contributed by atoms with E-state index in [4.69, 9.17) is 21.1 Å². The normalized spacial score (nSPS) is 23.0. The van der Waals surface area contributed by atoms with Crippen molar-refractivity contribution in [2.75, 3.05) is 19.8 Å². The highest BCUT2D eigenvalue weighted by Crippen LogP contribution is 2.27. The predicted molar refractivity (Wildman–Crippen MR) is 94.2 cm³/mol. The van der Waals surface area contributed by atoms with E-state index in [2.05, 4.69) is 9.98 Å². The Labute approximate surface area is 155 Å². The van der Waals surface area contributed by atoms with Crippen molar-refractivity contribution in [1.82, 2.24) is 9.88 Å². The van der Waals surface area contributed by atoms with Crippen LogP contribution in [-0.4, -0.2) is 65.1 Å². The topological polar surface area (TPSA) is 101 Å². The maximum atomic E-state index is 12.2. The Balaban J connectivity index is 1.85. The summed E-state index contributed by atoms with van der Waals surface area (Å²) in [4.78, 5) is 33.7. The van der Waals surface area contributed by atoms with E-state index in [1.54, 1.807) is 24.0 Å². The minimum Gasteiger partial charge on any atom is -0.506 e. The number of halogens is 1. The Kier molecular flexibility index (Phi) is 5.41. The monoisotopic (exact) mass is 379 g/mol. The summed E-state index contributed by atoms with van der Waals surface area (Å²) in [6.45, 7) is 2.57. The first-order valence-electron chi connectivity index (χ1n) is 8.19. The lowest BCUT2D eigenvalue weighted by atomic mass is 10.1. The fourth-order valence-electron chi connectivity index (χ4n) is 2.94. The molecular formula is C17H18ClN3O5. The number of carbonyl (C=O) groups excluding carboxylic acids is 2. The molecule has 138 valence electrons. The van der Waals surface area contributed by atoms with Crippen LogP contribution in [0, 0.1) is 0 Å². The van der Waals surface area contributed by atoms with Crippen LogP contribution in [0.15, 0.2) is 28.9 Å². The first-order valence-corrected chi connectivity index (χ1v) is 8.56. The molecular weight excluding hydrogens is 362 g/mol. The highest BCUT2D eigenvalue weighted by atomic mass is 35.5. The molecule has 26 heavy (non-hydrogen) atoms. The number of esters is 1. The van der Waals surface area contributed by atoms with E-state index in [0.717, 1.165) is 0 Å². The van der Waals surface area contributed by atoms with E-state index < -0.39 is 5.97 Å². The summed E-state index contributed by atoms with van der Waals surface area (Å²) in [5.41, 5.74) is 0.0932. The molecule has 3 heterocycles. The van der Waals surface area contributed by atoms with Crippen molar-refractivity contribution in [3.63, 3.8) is 0 Å². The molecule has 2 saturated heterocycles. The van der Waals surface area contributed by atoms with Crippen LogP contribution in [0.5, 0.6) is 0 Å². The van der Waals surface area contributed by atoms with Crippen molar-refractivity contribution in [3.05, 3.63) is 34.6 Å². The fourth-order valence-corrected chi connectivity index (χ4v) is 3.15. The quantitative estimate of drug-likeness (QED) is 0.277. The minimum atomic E-state index is -0.716. The second-order valence-electron chi connectivity index (χ2n) is 5.88. The maximum Gasteiger partial charge on any atom is 0.410 e. The standard InChI is InChI=1S/C17H18ClN3O5/c1-2-25-16(23)13(14(22)12-4-3-5-19-15(12)18)7-20-10-6-11-9-26-17(24)21(11)8-10/h3-5,7,10-11,22H,2,6,8-9H2,1H3/t10-,11-/m0/s1. The van der Waals surface area contributed by atoms with Gasteiger partial charge in [0.1, 0.15) is 23.1 Å². The summed E-state index contributed by atoms with van der Waals surface area (Å²) < 4.78 is 9.96. The number of rotatable bonds is 5. The molecule has 2 atom stereocenters. The summed E-state index contributed by atoms with van der Waals surface area (Å²) in [5, 5.41) is 10.6. The molecule has 2 aliphatic heterocycles. The van der Waals surface area contributed by atoms with Crippen LogP contribution in [-0.2, 0) is 14.3 Å². The molecule has 0 spiro atoms. The Morgan fingerprint density at radius 2 is 2.42 bits per heavy atom. The van der Waals surface area contributed by atoms with Crippen LogP contribution >= 0.6 is 11.6 Å². The molecule has 9 heteroatoms. The SMILES string of the molecule is CCOC(=O)C(C=N[C@H]1C[C@H]2COC(=O)N2C1)=C(O)c1cccnc1Cl. The third kappa shape index (κ3) is 3.65. The molecule has 1 N–H and O–H groups in total. The van der Waals surface area contributed by atoms with Crippen LogP contribution in [0.2, 0.25) is 5.15 Å². The van der Waals surface area contributed by atoms with Crippen molar-refractivity contribution in [1.29, 1.82) is 0 Å². The molecule has 0 aromatic carbocycles. The van der Waals surface area contributed by atoms with Crippen molar-refractivity contribution >= 4 is 35.6 Å². The number of amides is 1. The molecule has 1 aromatic heterocycles. The molecule has 0 saturated carbocycles. The van der Waals surface area contributed by atoms with Gasteiger partial charge in [-0.25, -0.2) is 14.6 Å². The summed E-state index contributed by atoms with van der Waals surface area (Å²) in [5.74, 6) is -1.07. The van der Waals surface area contributed by atoms with Crippen LogP contribution in [0.25, 0.3) is 5.76 Å². The molecule has 2 aliphatic rings. The van der Waals surface area contributed by atoms with Gasteiger partial charge in [-0.2, -0.15) is 0 Å². The third-order valence-electron chi connectivity index (χ3n) is 4.21. The zero-order chi connectivity index (χ0) is 18.7. The number of aromatic nitrogens is 1. The van der Waals surface area contributed by atoms with E-state index >= 15 is 0 Å². The maximum absolute atomic E-state index is 12.2. The Hall–Kier alpha value is -2.61. The fraction of sp³-hybridized carbons (Fsp3) is 0.412. The van der Waals surface area contributed by atoms with Gasteiger partial charge in [0.2, 0.25) is 0 Å². The highest BCUT2D eigenvalue weighted by Gasteiger charge is 2.41. The molecule has 0 aliphatic carbocycles. The predicted octanol–water partition coefficient (Wildman–Crippen LogP) is 2.23. The zero-order valence-corrected chi connectivity index (χ0v) is 14.8. The van der Waals surface area contributed by atoms with Crippen LogP contribution < -0.4 is 0 Å². The molecule has 1 aromatic rings. The molecule has 0 bridgehead atoms. The number of aliphatic hydroxyl groups excluding tert-OH is 1. The minimum absolute atomic E-state index is 0.000961. The first-order chi connectivity index (χ1) is 12.5. The molecule has 3 rings (SSSR count). The van der Waals surface area contributed by atoms with Gasteiger partial charge in [-0.3, -0.25) is 9.89 Å². The van der Waals surface area contributed by atoms with Gasteiger partial charge in [0.25, 0.3) is 0 Å². The lowest BCUT2D eigenvalue weighted by molar-refractivity contribution is -0.137. The number of cyclic esters (lactones) is 1. The smallest absolute Gasteiger partial charge is 0.410 e. The number of aliphatic hydroxyl groups is 1. The van der Waals surface area contributed by atoms with E-state index in [1.807, 2.05) is 0 Å². The number of pyridine rings is 1. The van der Waals surface area contributed by atoms with Crippen molar-refractivity contribution < 1.29 is 24.2 Å². The number of hydrogen-bond acceptors (Lipinski definition) is 7. The van der Waals surface area contributed by atoms with Gasteiger partial charge in [-0.05, 0) is 25.5 Å². The van der Waals surface area contributed by atoms with Crippen LogP contribution in [0.4, 0.5) is 4.79 Å². The highest BCUT2D eigenvalue weighted by molar-refractivity contribution is 6.31. The number of ether oxygens (including phenoxy) is 2. The summed E-state index contributed by atoms with van der Waals surface area (Å²) in [6.07, 6.45) is 3.03. The van der Waals surface area contributed by atoms with Gasteiger partial charge in [-0.1, -0.05) is 11.6 Å². The second kappa shape index (κ2) is 7.74. The average Bonchev–Trinajstić information content (AvgIpc) is 3.17. The molecule has 0 unspecified atom stereocenters. The largest absolute Gasteiger partial charge is 0.506 e. The van der Waals surface area contributed by atoms with E-state index in [-0.39, 0.29) is 46.8 Å². The van der Waals surface area contributed by atoms with E-state index in [0.29, 0.717) is 19.6 Å². The van der Waals surface area contributed by atoms with Crippen LogP contribution in [0.3, 0.4) is 0 Å². The summed E-state index contributed by atoms with van der Waals surface area (Å²) in [6, 6.07) is 2.95. The van der Waals surface area contributed by atoms with Gasteiger partial charge in [0.05, 0.1) is 24.3 Å². The van der Waals surface area contributed by atoms with Gasteiger partial charge >= 0.3 is 12.1 Å². The Morgan fingerprint density at radius 1 is 1.62 bits per heavy atom. The van der Waals surface area contributed by atoms with Crippen molar-refractivity contribution in [2.45, 2.75) is 25.4 Å². The number of fused-ring (bicyclic) bond motifs is 1. The lowest BCUT2D eigenvalue weighted by Gasteiger charge is -2.10. The van der Waals surface area contributed by atoms with Gasteiger partial charge in [-0.15, -0.1) is 0 Å². The Morgan fingerprint density at radius 3 is 3.12 bits per heavy atom. The van der Waals surface area contributed by atoms with Crippen molar-refractivity contribution in [2.24, 2.45) is 4.99 Å². The number of aliphatic imine (C=N–C) groups is 1. The van der Waals surface area contributed by atoms with Crippen LogP contribution in [0.1, 0.15) is 18.9 Å². The third-order valence-corrected chi connectivity index (χ3v) is 4.51. The molecule has 1 amide bonds.